The zero-order chi connectivity index (χ0) is 43.6. The number of esters is 6. The van der Waals surface area contributed by atoms with E-state index in [4.69, 9.17) is 28.4 Å². The highest BCUT2D eigenvalue weighted by atomic mass is 19.1. The largest absolute Gasteiger partial charge is 0.465 e. The Balaban J connectivity index is 0.928. The van der Waals surface area contributed by atoms with Crippen molar-refractivity contribution in [1.29, 1.82) is 0 Å². The molecule has 1 aromatic rings. The van der Waals surface area contributed by atoms with Crippen LogP contribution in [0.3, 0.4) is 0 Å². The summed E-state index contributed by atoms with van der Waals surface area (Å²) >= 11 is 0. The lowest BCUT2D eigenvalue weighted by Crippen LogP contribution is -2.31. The predicted octanol–water partition coefficient (Wildman–Crippen LogP) is 8.97. The van der Waals surface area contributed by atoms with Gasteiger partial charge in [0.05, 0.1) is 50.1 Å². The van der Waals surface area contributed by atoms with Gasteiger partial charge < -0.3 is 28.4 Å². The van der Waals surface area contributed by atoms with E-state index in [1.165, 1.54) is 12.1 Å². The Morgan fingerprint density at radius 1 is 0.475 bits per heavy atom. The minimum Gasteiger partial charge on any atom is -0.465 e. The van der Waals surface area contributed by atoms with Gasteiger partial charge in [0.1, 0.15) is 5.75 Å². The summed E-state index contributed by atoms with van der Waals surface area (Å²) in [4.78, 5) is 73.5. The van der Waals surface area contributed by atoms with Crippen molar-refractivity contribution in [2.45, 2.75) is 128 Å². The summed E-state index contributed by atoms with van der Waals surface area (Å²) in [5, 5.41) is 0. The second-order valence-electron chi connectivity index (χ2n) is 17.4. The predicted molar refractivity (Wildman–Crippen MR) is 222 cm³/mol. The number of unbranched alkanes of at least 4 members (excludes halogenated alkanes) is 2. The maximum atomic E-state index is 15.1. The first-order valence-electron chi connectivity index (χ1n) is 22.7. The summed E-state index contributed by atoms with van der Waals surface area (Å²) in [5.41, 5.74) is 0. The average Bonchev–Trinajstić information content (AvgIpc) is 3.29. The normalized spacial score (nSPS) is 26.4. The maximum Gasteiger partial charge on any atom is 0.330 e. The van der Waals surface area contributed by atoms with Gasteiger partial charge in [0.2, 0.25) is 0 Å². The van der Waals surface area contributed by atoms with E-state index in [9.17, 15) is 28.8 Å². The molecule has 12 nitrogen and oxygen atoms in total. The number of carbonyl (C=O) groups excluding carboxylic acids is 6. The lowest BCUT2D eigenvalue weighted by molar-refractivity contribution is -0.151. The second-order valence-corrected chi connectivity index (χ2v) is 17.4. The van der Waals surface area contributed by atoms with Crippen LogP contribution in [0.2, 0.25) is 0 Å². The molecule has 0 bridgehead atoms. The van der Waals surface area contributed by atoms with Crippen LogP contribution in [0.25, 0.3) is 0 Å². The molecule has 4 aliphatic rings. The molecule has 1 aromatic carbocycles. The number of carbonyl (C=O) groups is 6. The highest BCUT2D eigenvalue weighted by Crippen LogP contribution is 2.43. The molecule has 61 heavy (non-hydrogen) atoms. The number of benzene rings is 1. The SMILES string of the molecule is C=CC(=O)OCCCCOC(=O)C1CCC(C2CCC(C(=O)Oc3ccc(OC(=O)C4CCC(C5CCC(C(=O)OCCCCOC(=O)C=C)CC5)CC4)c(F)c3)CC2)CC1. The minimum atomic E-state index is -0.758. The zero-order valence-electron chi connectivity index (χ0n) is 35.7. The van der Waals surface area contributed by atoms with Crippen LogP contribution in [0.1, 0.15) is 128 Å². The molecule has 336 valence electrons. The van der Waals surface area contributed by atoms with Crippen molar-refractivity contribution in [2.24, 2.45) is 47.3 Å². The van der Waals surface area contributed by atoms with E-state index < -0.39 is 23.7 Å². The molecule has 0 N–H and O–H groups in total. The van der Waals surface area contributed by atoms with E-state index in [0.717, 1.165) is 95.3 Å². The Bertz CT molecular complexity index is 1640. The minimum absolute atomic E-state index is 0.0815. The number of ether oxygens (including phenoxy) is 6. The fourth-order valence-corrected chi connectivity index (χ4v) is 9.78. The summed E-state index contributed by atoms with van der Waals surface area (Å²) in [5.74, 6) is -1.70. The van der Waals surface area contributed by atoms with Crippen LogP contribution in [0.15, 0.2) is 43.5 Å². The molecule has 0 spiro atoms. The number of rotatable bonds is 20. The number of halogens is 1. The van der Waals surface area contributed by atoms with E-state index >= 15 is 4.39 Å². The molecule has 0 amide bonds. The number of hydrogen-bond acceptors (Lipinski definition) is 12. The first-order chi connectivity index (χ1) is 29.5. The second kappa shape index (κ2) is 24.8. The van der Waals surface area contributed by atoms with Crippen molar-refractivity contribution in [3.63, 3.8) is 0 Å². The Labute approximate surface area is 359 Å². The van der Waals surface area contributed by atoms with Gasteiger partial charge in [-0.1, -0.05) is 13.2 Å². The van der Waals surface area contributed by atoms with Crippen LogP contribution >= 0.6 is 0 Å². The molecule has 4 aliphatic carbocycles. The topological polar surface area (TPSA) is 158 Å². The van der Waals surface area contributed by atoms with Crippen LogP contribution in [0.4, 0.5) is 4.39 Å². The lowest BCUT2D eigenvalue weighted by Gasteiger charge is -2.36. The molecule has 0 radical (unpaired) electrons. The van der Waals surface area contributed by atoms with Crippen molar-refractivity contribution in [1.82, 2.24) is 0 Å². The van der Waals surface area contributed by atoms with Gasteiger partial charge in [0, 0.05) is 18.2 Å². The Hall–Kier alpha value is -4.55. The maximum absolute atomic E-state index is 15.1. The summed E-state index contributed by atoms with van der Waals surface area (Å²) in [6.45, 7) is 7.89. The molecule has 0 unspecified atom stereocenters. The van der Waals surface area contributed by atoms with Crippen LogP contribution < -0.4 is 9.47 Å². The zero-order valence-corrected chi connectivity index (χ0v) is 35.7. The van der Waals surface area contributed by atoms with E-state index in [2.05, 4.69) is 13.2 Å². The van der Waals surface area contributed by atoms with Gasteiger partial charge in [-0.2, -0.15) is 0 Å². The van der Waals surface area contributed by atoms with Gasteiger partial charge in [-0.05, 0) is 164 Å². The van der Waals surface area contributed by atoms with Gasteiger partial charge >= 0.3 is 35.8 Å². The third kappa shape index (κ3) is 15.1. The monoisotopic (exact) mass is 852 g/mol. The van der Waals surface area contributed by atoms with Crippen LogP contribution in [-0.2, 0) is 47.7 Å². The first kappa shape index (κ1) is 47.5. The summed E-state index contributed by atoms with van der Waals surface area (Å²) in [7, 11) is 0. The van der Waals surface area contributed by atoms with E-state index in [-0.39, 0.29) is 66.3 Å². The average molecular weight is 853 g/mol. The Kier molecular flexibility index (Phi) is 19.3. The molecular weight excluding hydrogens is 788 g/mol. The molecule has 0 aliphatic heterocycles. The molecule has 0 aromatic heterocycles. The third-order valence-corrected chi connectivity index (χ3v) is 13.5. The Morgan fingerprint density at radius 2 is 0.803 bits per heavy atom. The fourth-order valence-electron chi connectivity index (χ4n) is 9.78. The quantitative estimate of drug-likeness (QED) is 0.0404. The van der Waals surface area contributed by atoms with Gasteiger partial charge in [-0.25, -0.2) is 14.0 Å². The van der Waals surface area contributed by atoms with E-state index in [1.807, 2.05) is 0 Å². The van der Waals surface area contributed by atoms with Crippen molar-refractivity contribution >= 4 is 35.8 Å². The highest BCUT2D eigenvalue weighted by molar-refractivity contribution is 5.81. The standard InChI is InChI=1S/C48H65FO12/c1-3-43(50)56-27-5-7-29-58-45(52)36-17-9-32(10-18-36)34-13-21-38(22-14-34)47(54)60-40-25-26-42(41(49)31-40)61-48(55)39-23-15-35(16-24-39)33-11-19-37(20-12-33)46(53)59-30-8-6-28-57-44(51)4-2/h3-4,25-26,31-39H,1-2,5-24,27-30H2. The molecule has 0 saturated heterocycles. The smallest absolute Gasteiger partial charge is 0.330 e. The third-order valence-electron chi connectivity index (χ3n) is 13.5. The molecule has 13 heteroatoms. The molecular formula is C48H65FO12. The summed E-state index contributed by atoms with van der Waals surface area (Å²) in [6.07, 6.45) is 18.0. The van der Waals surface area contributed by atoms with Crippen LogP contribution in [-0.4, -0.2) is 62.2 Å². The molecule has 5 rings (SSSR count). The van der Waals surface area contributed by atoms with Gasteiger partial charge in [-0.3, -0.25) is 19.2 Å². The van der Waals surface area contributed by atoms with Gasteiger partial charge in [0.15, 0.2) is 11.6 Å². The van der Waals surface area contributed by atoms with Crippen LogP contribution in [0.5, 0.6) is 11.5 Å². The Morgan fingerprint density at radius 3 is 1.15 bits per heavy atom. The molecule has 0 atom stereocenters. The highest BCUT2D eigenvalue weighted by Gasteiger charge is 2.37. The lowest BCUT2D eigenvalue weighted by atomic mass is 9.69. The summed E-state index contributed by atoms with van der Waals surface area (Å²) < 4.78 is 47.0. The van der Waals surface area contributed by atoms with E-state index in [0.29, 0.717) is 88.3 Å². The van der Waals surface area contributed by atoms with E-state index in [1.54, 1.807) is 0 Å². The van der Waals surface area contributed by atoms with Gasteiger partial charge in [0.25, 0.3) is 0 Å². The van der Waals surface area contributed by atoms with Crippen molar-refractivity contribution in [3.05, 3.63) is 49.3 Å². The number of hydrogen-bond donors (Lipinski definition) is 0. The fraction of sp³-hybridized carbons (Fsp3) is 0.667. The van der Waals surface area contributed by atoms with Gasteiger partial charge in [-0.15, -0.1) is 0 Å². The molecule has 0 heterocycles. The van der Waals surface area contributed by atoms with Crippen molar-refractivity contribution in [2.75, 3.05) is 26.4 Å². The first-order valence-corrected chi connectivity index (χ1v) is 22.7. The van der Waals surface area contributed by atoms with Crippen molar-refractivity contribution < 1.29 is 61.6 Å². The molecule has 4 fully saturated rings. The van der Waals surface area contributed by atoms with Crippen molar-refractivity contribution in [3.8, 4) is 11.5 Å². The summed E-state index contributed by atoms with van der Waals surface area (Å²) in [6, 6.07) is 3.91. The molecule has 4 saturated carbocycles. The van der Waals surface area contributed by atoms with Crippen LogP contribution in [0, 0.1) is 53.2 Å².